The lowest BCUT2D eigenvalue weighted by atomic mass is 10.2. The highest BCUT2D eigenvalue weighted by Crippen LogP contribution is 2.37. The number of amides is 3. The second kappa shape index (κ2) is 8.78. The Balaban J connectivity index is 1.51. The summed E-state index contributed by atoms with van der Waals surface area (Å²) in [5, 5.41) is 8.63. The summed E-state index contributed by atoms with van der Waals surface area (Å²) in [4.78, 5) is 37.1. The Hall–Kier alpha value is -3.14. The van der Waals surface area contributed by atoms with Gasteiger partial charge in [0.15, 0.2) is 6.61 Å². The van der Waals surface area contributed by atoms with Crippen LogP contribution in [-0.4, -0.2) is 24.3 Å². The molecule has 3 aromatic rings. The van der Waals surface area contributed by atoms with E-state index in [9.17, 15) is 18.8 Å². The van der Waals surface area contributed by atoms with E-state index in [2.05, 4.69) is 16.0 Å². The van der Waals surface area contributed by atoms with Gasteiger partial charge in [0.1, 0.15) is 11.6 Å². The quantitative estimate of drug-likeness (QED) is 0.457. The number of halogens is 3. The van der Waals surface area contributed by atoms with Crippen LogP contribution in [0.2, 0.25) is 10.0 Å². The maximum atomic E-state index is 13.2. The van der Waals surface area contributed by atoms with E-state index in [-0.39, 0.29) is 28.1 Å². The Morgan fingerprint density at radius 2 is 1.88 bits per heavy atom. The Bertz CT molecular complexity index is 1280. The van der Waals surface area contributed by atoms with Gasteiger partial charge in [0.25, 0.3) is 17.7 Å². The van der Waals surface area contributed by atoms with Gasteiger partial charge in [-0.25, -0.2) is 4.39 Å². The van der Waals surface area contributed by atoms with E-state index in [1.165, 1.54) is 18.2 Å². The minimum Gasteiger partial charge on any atom is -0.482 e. The number of hydrogen-bond acceptors (Lipinski definition) is 5. The molecule has 3 N–H and O–H groups in total. The number of aryl methyl sites for hydroxylation is 1. The van der Waals surface area contributed by atoms with Crippen molar-refractivity contribution in [3.63, 3.8) is 0 Å². The van der Waals surface area contributed by atoms with Gasteiger partial charge in [-0.15, -0.1) is 11.3 Å². The highest BCUT2D eigenvalue weighted by Gasteiger charge is 2.21. The molecule has 0 atom stereocenters. The molecule has 7 nitrogen and oxygen atoms in total. The molecule has 2 aromatic carbocycles. The Morgan fingerprint density at radius 3 is 2.62 bits per heavy atom. The van der Waals surface area contributed by atoms with E-state index in [1.807, 2.05) is 0 Å². The topological polar surface area (TPSA) is 96.5 Å². The van der Waals surface area contributed by atoms with Gasteiger partial charge < -0.3 is 20.7 Å². The summed E-state index contributed by atoms with van der Waals surface area (Å²) in [7, 11) is 0. The fourth-order valence-corrected chi connectivity index (χ4v) is 4.42. The van der Waals surface area contributed by atoms with Crippen molar-refractivity contribution in [2.75, 3.05) is 22.6 Å². The molecule has 164 valence electrons. The molecule has 1 aliphatic rings. The molecule has 0 spiro atoms. The first-order chi connectivity index (χ1) is 15.2. The van der Waals surface area contributed by atoms with Gasteiger partial charge in [-0.05, 0) is 42.8 Å². The number of ether oxygens (including phenoxy) is 1. The van der Waals surface area contributed by atoms with Crippen LogP contribution in [0.1, 0.15) is 25.6 Å². The van der Waals surface area contributed by atoms with Crippen LogP contribution in [0.4, 0.5) is 20.8 Å². The van der Waals surface area contributed by atoms with Crippen molar-refractivity contribution in [1.82, 2.24) is 0 Å². The van der Waals surface area contributed by atoms with E-state index in [0.717, 1.165) is 23.5 Å². The van der Waals surface area contributed by atoms with Gasteiger partial charge in [0.05, 0.1) is 36.9 Å². The third kappa shape index (κ3) is 4.55. The average molecular weight is 494 g/mol. The van der Waals surface area contributed by atoms with Gasteiger partial charge >= 0.3 is 0 Å². The third-order valence-corrected chi connectivity index (χ3v) is 6.26. The summed E-state index contributed by atoms with van der Waals surface area (Å²) in [5.41, 5.74) is 1.47. The number of benzene rings is 2. The van der Waals surface area contributed by atoms with E-state index in [0.29, 0.717) is 32.6 Å². The van der Waals surface area contributed by atoms with Gasteiger partial charge in [-0.2, -0.15) is 0 Å². The standard InChI is InChI=1S/C21H14Cl2FN3O4S/c1-9-4-18(27-20(29)11-3-2-10(24)5-12(11)22)32-19(9)21(30)26-14-7-16-15(6-13(14)23)25-17(28)8-31-16/h2-7H,8H2,1H3,(H,25,28)(H,26,30)(H,27,29). The predicted molar refractivity (Wildman–Crippen MR) is 122 cm³/mol. The van der Waals surface area contributed by atoms with Gasteiger partial charge in [-0.1, -0.05) is 23.2 Å². The fraction of sp³-hybridized carbons (Fsp3) is 0.0952. The van der Waals surface area contributed by atoms with E-state index < -0.39 is 17.6 Å². The predicted octanol–water partition coefficient (Wildman–Crippen LogP) is 5.34. The molecule has 1 aliphatic heterocycles. The van der Waals surface area contributed by atoms with Gasteiger partial charge in [0.2, 0.25) is 0 Å². The Morgan fingerprint density at radius 1 is 1.09 bits per heavy atom. The Labute approximate surface area is 195 Å². The summed E-state index contributed by atoms with van der Waals surface area (Å²) in [6, 6.07) is 8.12. The molecule has 32 heavy (non-hydrogen) atoms. The fourth-order valence-electron chi connectivity index (χ4n) is 3.00. The van der Waals surface area contributed by atoms with Crippen molar-refractivity contribution in [3.8, 4) is 5.75 Å². The van der Waals surface area contributed by atoms with Crippen LogP contribution >= 0.6 is 34.5 Å². The van der Waals surface area contributed by atoms with E-state index in [1.54, 1.807) is 13.0 Å². The zero-order valence-electron chi connectivity index (χ0n) is 16.3. The molecule has 0 saturated heterocycles. The highest BCUT2D eigenvalue weighted by atomic mass is 35.5. The molecule has 4 rings (SSSR count). The molecular weight excluding hydrogens is 480 g/mol. The number of hydrogen-bond donors (Lipinski definition) is 3. The number of carbonyl (C=O) groups excluding carboxylic acids is 3. The number of anilines is 3. The zero-order valence-corrected chi connectivity index (χ0v) is 18.7. The first-order valence-electron chi connectivity index (χ1n) is 9.15. The lowest BCUT2D eigenvalue weighted by molar-refractivity contribution is -0.118. The second-order valence-electron chi connectivity index (χ2n) is 6.82. The monoisotopic (exact) mass is 493 g/mol. The SMILES string of the molecule is Cc1cc(NC(=O)c2ccc(F)cc2Cl)sc1C(=O)Nc1cc2c(cc1Cl)NC(=O)CO2. The molecular formula is C21H14Cl2FN3O4S. The van der Waals surface area contributed by atoms with Crippen molar-refractivity contribution in [1.29, 1.82) is 0 Å². The molecule has 0 saturated carbocycles. The van der Waals surface area contributed by atoms with Crippen LogP contribution in [0.3, 0.4) is 0 Å². The number of carbonyl (C=O) groups is 3. The lowest BCUT2D eigenvalue weighted by Gasteiger charge is -2.19. The smallest absolute Gasteiger partial charge is 0.266 e. The van der Waals surface area contributed by atoms with E-state index >= 15 is 0 Å². The van der Waals surface area contributed by atoms with Crippen LogP contribution in [-0.2, 0) is 4.79 Å². The maximum Gasteiger partial charge on any atom is 0.266 e. The summed E-state index contributed by atoms with van der Waals surface area (Å²) < 4.78 is 18.6. The van der Waals surface area contributed by atoms with Crippen molar-refractivity contribution in [3.05, 3.63) is 68.3 Å². The number of nitrogens with one attached hydrogen (secondary N) is 3. The molecule has 11 heteroatoms. The summed E-state index contributed by atoms with van der Waals surface area (Å²) in [6.45, 7) is 1.59. The van der Waals surface area contributed by atoms with E-state index in [4.69, 9.17) is 27.9 Å². The minimum absolute atomic E-state index is 0.0193. The largest absolute Gasteiger partial charge is 0.482 e. The Kier molecular flexibility index (Phi) is 6.05. The zero-order chi connectivity index (χ0) is 23.0. The van der Waals surface area contributed by atoms with Crippen LogP contribution in [0.15, 0.2) is 36.4 Å². The lowest BCUT2D eigenvalue weighted by Crippen LogP contribution is -2.25. The third-order valence-electron chi connectivity index (χ3n) is 4.49. The molecule has 0 fully saturated rings. The number of rotatable bonds is 4. The normalized spacial score (nSPS) is 12.4. The van der Waals surface area contributed by atoms with Crippen LogP contribution in [0, 0.1) is 12.7 Å². The molecule has 0 radical (unpaired) electrons. The summed E-state index contributed by atoms with van der Waals surface area (Å²) in [5.74, 6) is -1.42. The van der Waals surface area contributed by atoms with Crippen LogP contribution < -0.4 is 20.7 Å². The van der Waals surface area contributed by atoms with Gasteiger partial charge in [0, 0.05) is 6.07 Å². The van der Waals surface area contributed by atoms with Crippen molar-refractivity contribution in [2.45, 2.75) is 6.92 Å². The molecule has 2 heterocycles. The van der Waals surface area contributed by atoms with Crippen molar-refractivity contribution < 1.29 is 23.5 Å². The minimum atomic E-state index is -0.550. The number of fused-ring (bicyclic) bond motifs is 1. The van der Waals surface area contributed by atoms with Crippen LogP contribution in [0.5, 0.6) is 5.75 Å². The first kappa shape index (κ1) is 22.1. The highest BCUT2D eigenvalue weighted by molar-refractivity contribution is 7.18. The van der Waals surface area contributed by atoms with Crippen molar-refractivity contribution >= 4 is 68.6 Å². The molecule has 1 aromatic heterocycles. The van der Waals surface area contributed by atoms with Crippen LogP contribution in [0.25, 0.3) is 0 Å². The molecule has 0 aliphatic carbocycles. The molecule has 3 amide bonds. The summed E-state index contributed by atoms with van der Waals surface area (Å²) in [6.07, 6.45) is 0. The second-order valence-corrected chi connectivity index (χ2v) is 8.69. The molecule has 0 unspecified atom stereocenters. The average Bonchev–Trinajstić information content (AvgIpc) is 3.08. The van der Waals surface area contributed by atoms with Gasteiger partial charge in [-0.3, -0.25) is 14.4 Å². The summed E-state index contributed by atoms with van der Waals surface area (Å²) >= 11 is 13.2. The number of thiophene rings is 1. The van der Waals surface area contributed by atoms with Crippen molar-refractivity contribution in [2.24, 2.45) is 0 Å². The first-order valence-corrected chi connectivity index (χ1v) is 10.7. The molecule has 0 bridgehead atoms. The maximum absolute atomic E-state index is 13.2.